The lowest BCUT2D eigenvalue weighted by molar-refractivity contribution is 0.108. The molecular formula is C9H5Cl2NOS. The summed E-state index contributed by atoms with van der Waals surface area (Å²) in [6.45, 7) is 0. The van der Waals surface area contributed by atoms with Crippen molar-refractivity contribution >= 4 is 40.1 Å². The number of hydrogen-bond donors (Lipinski definition) is 0. The van der Waals surface area contributed by atoms with E-state index < -0.39 is 0 Å². The summed E-state index contributed by atoms with van der Waals surface area (Å²) in [5.41, 5.74) is 0.458. The van der Waals surface area contributed by atoms with Crippen LogP contribution in [0.3, 0.4) is 0 Å². The first-order chi connectivity index (χ1) is 6.65. The molecule has 1 aromatic carbocycles. The summed E-state index contributed by atoms with van der Waals surface area (Å²) >= 11 is 12.4. The van der Waals surface area contributed by atoms with E-state index in [1.807, 2.05) is 6.07 Å². The fraction of sp³-hybridized carbons (Fsp3) is 0.111. The summed E-state index contributed by atoms with van der Waals surface area (Å²) in [4.78, 5) is 11.4. The van der Waals surface area contributed by atoms with Gasteiger partial charge >= 0.3 is 0 Å². The van der Waals surface area contributed by atoms with E-state index >= 15 is 0 Å². The number of carbonyl (C=O) groups is 1. The topological polar surface area (TPSA) is 40.9 Å². The van der Waals surface area contributed by atoms with Crippen molar-refractivity contribution in [3.8, 4) is 6.07 Å². The van der Waals surface area contributed by atoms with Gasteiger partial charge in [-0.2, -0.15) is 5.26 Å². The first-order valence-electron chi connectivity index (χ1n) is 3.64. The van der Waals surface area contributed by atoms with E-state index in [4.69, 9.17) is 28.5 Å². The minimum absolute atomic E-state index is 0.138. The van der Waals surface area contributed by atoms with Crippen molar-refractivity contribution < 1.29 is 4.79 Å². The summed E-state index contributed by atoms with van der Waals surface area (Å²) < 4.78 is 0. The molecule has 72 valence electrons. The zero-order valence-electron chi connectivity index (χ0n) is 6.96. The minimum Gasteiger partial charge on any atom is -0.282 e. The first-order valence-corrected chi connectivity index (χ1v) is 5.38. The Balaban J connectivity index is 2.82. The molecule has 0 aromatic heterocycles. The highest BCUT2D eigenvalue weighted by atomic mass is 35.5. The summed E-state index contributed by atoms with van der Waals surface area (Å²) in [6.07, 6.45) is 0. The molecule has 0 atom stereocenters. The van der Waals surface area contributed by atoms with Gasteiger partial charge in [0.1, 0.15) is 0 Å². The minimum atomic E-state index is -0.176. The fourth-order valence-electron chi connectivity index (χ4n) is 0.804. The highest BCUT2D eigenvalue weighted by Crippen LogP contribution is 2.24. The molecule has 0 unspecified atom stereocenters. The molecule has 0 saturated carbocycles. The van der Waals surface area contributed by atoms with Crippen molar-refractivity contribution in [1.82, 2.24) is 0 Å². The molecule has 0 heterocycles. The van der Waals surface area contributed by atoms with E-state index in [9.17, 15) is 4.79 Å². The van der Waals surface area contributed by atoms with Crippen LogP contribution in [0.4, 0.5) is 0 Å². The Bertz CT molecular complexity index is 400. The highest BCUT2D eigenvalue weighted by molar-refractivity contribution is 8.14. The fourth-order valence-corrected chi connectivity index (χ4v) is 1.59. The standard InChI is InChI=1S/C9H5Cl2NOS/c10-7-2-1-6(5-8(7)11)9(13)14-4-3-12/h1-2,5H,4H2. The number of nitriles is 1. The van der Waals surface area contributed by atoms with Crippen molar-refractivity contribution in [2.75, 3.05) is 5.75 Å². The quantitative estimate of drug-likeness (QED) is 0.802. The second kappa shape index (κ2) is 5.26. The molecule has 0 fully saturated rings. The van der Waals surface area contributed by atoms with E-state index in [2.05, 4.69) is 0 Å². The Morgan fingerprint density at radius 1 is 1.43 bits per heavy atom. The van der Waals surface area contributed by atoms with E-state index in [0.29, 0.717) is 15.6 Å². The molecule has 0 saturated heterocycles. The molecule has 1 rings (SSSR count). The van der Waals surface area contributed by atoms with Crippen LogP contribution in [-0.2, 0) is 0 Å². The zero-order valence-corrected chi connectivity index (χ0v) is 9.29. The van der Waals surface area contributed by atoms with Gasteiger partial charge in [-0.25, -0.2) is 0 Å². The molecule has 0 amide bonds. The number of hydrogen-bond acceptors (Lipinski definition) is 3. The number of nitrogens with zero attached hydrogens (tertiary/aromatic N) is 1. The van der Waals surface area contributed by atoms with Crippen molar-refractivity contribution in [2.45, 2.75) is 0 Å². The lowest BCUT2D eigenvalue weighted by Gasteiger charge is -1.99. The summed E-state index contributed by atoms with van der Waals surface area (Å²) in [7, 11) is 0. The maximum absolute atomic E-state index is 11.4. The van der Waals surface area contributed by atoms with Crippen LogP contribution in [0.15, 0.2) is 18.2 Å². The number of benzene rings is 1. The lowest BCUT2D eigenvalue weighted by atomic mass is 10.2. The summed E-state index contributed by atoms with van der Waals surface area (Å²) in [5.74, 6) is 0.138. The van der Waals surface area contributed by atoms with Gasteiger partial charge in [0.15, 0.2) is 0 Å². The van der Waals surface area contributed by atoms with Crippen LogP contribution in [0.25, 0.3) is 0 Å². The highest BCUT2D eigenvalue weighted by Gasteiger charge is 2.08. The average Bonchev–Trinajstić information content (AvgIpc) is 2.18. The number of thioether (sulfide) groups is 1. The number of carbonyl (C=O) groups excluding carboxylic acids is 1. The van der Waals surface area contributed by atoms with Crippen LogP contribution in [0.1, 0.15) is 10.4 Å². The number of rotatable bonds is 2. The Kier molecular flexibility index (Phi) is 4.27. The lowest BCUT2D eigenvalue weighted by Crippen LogP contribution is -1.93. The van der Waals surface area contributed by atoms with Crippen LogP contribution in [0, 0.1) is 11.3 Å². The maximum atomic E-state index is 11.4. The van der Waals surface area contributed by atoms with Gasteiger partial charge in [-0.1, -0.05) is 35.0 Å². The molecule has 0 aliphatic heterocycles. The smallest absolute Gasteiger partial charge is 0.220 e. The van der Waals surface area contributed by atoms with Gasteiger partial charge in [-0.3, -0.25) is 4.79 Å². The molecular weight excluding hydrogens is 241 g/mol. The summed E-state index contributed by atoms with van der Waals surface area (Å²) in [5, 5.41) is 8.87. The summed E-state index contributed by atoms with van der Waals surface area (Å²) in [6, 6.07) is 6.52. The molecule has 14 heavy (non-hydrogen) atoms. The zero-order chi connectivity index (χ0) is 10.6. The Morgan fingerprint density at radius 2 is 2.14 bits per heavy atom. The third-order valence-electron chi connectivity index (χ3n) is 1.42. The third-order valence-corrected chi connectivity index (χ3v) is 2.93. The van der Waals surface area contributed by atoms with E-state index in [0.717, 1.165) is 11.8 Å². The Labute approximate surface area is 95.8 Å². The van der Waals surface area contributed by atoms with Crippen LogP contribution in [0.2, 0.25) is 10.0 Å². The van der Waals surface area contributed by atoms with Crippen molar-refractivity contribution in [1.29, 1.82) is 5.26 Å². The third kappa shape index (κ3) is 2.91. The largest absolute Gasteiger partial charge is 0.282 e. The molecule has 0 aliphatic rings. The maximum Gasteiger partial charge on any atom is 0.220 e. The van der Waals surface area contributed by atoms with E-state index in [1.165, 1.54) is 6.07 Å². The second-order valence-corrected chi connectivity index (χ2v) is 4.13. The van der Waals surface area contributed by atoms with Gasteiger partial charge in [-0.05, 0) is 18.2 Å². The van der Waals surface area contributed by atoms with Gasteiger partial charge in [0.25, 0.3) is 0 Å². The van der Waals surface area contributed by atoms with Crippen LogP contribution in [-0.4, -0.2) is 10.9 Å². The SMILES string of the molecule is N#CCSC(=O)c1ccc(Cl)c(Cl)c1. The van der Waals surface area contributed by atoms with Gasteiger partial charge in [0.05, 0.1) is 21.9 Å². The number of halogens is 2. The molecule has 0 bridgehead atoms. The molecule has 0 N–H and O–H groups in total. The van der Waals surface area contributed by atoms with Gasteiger partial charge in [0, 0.05) is 5.56 Å². The molecule has 5 heteroatoms. The predicted octanol–water partition coefficient (Wildman–Crippen LogP) is 3.39. The van der Waals surface area contributed by atoms with Crippen LogP contribution < -0.4 is 0 Å². The Hall–Kier alpha value is -0.690. The van der Waals surface area contributed by atoms with E-state index in [1.54, 1.807) is 12.1 Å². The van der Waals surface area contributed by atoms with Crippen molar-refractivity contribution in [2.24, 2.45) is 0 Å². The van der Waals surface area contributed by atoms with Gasteiger partial charge in [-0.15, -0.1) is 0 Å². The van der Waals surface area contributed by atoms with Crippen molar-refractivity contribution in [3.05, 3.63) is 33.8 Å². The first kappa shape index (κ1) is 11.4. The van der Waals surface area contributed by atoms with Crippen LogP contribution >= 0.6 is 35.0 Å². The van der Waals surface area contributed by atoms with Crippen LogP contribution in [0.5, 0.6) is 0 Å². The van der Waals surface area contributed by atoms with Crippen molar-refractivity contribution in [3.63, 3.8) is 0 Å². The molecule has 0 spiro atoms. The Morgan fingerprint density at radius 3 is 2.71 bits per heavy atom. The van der Waals surface area contributed by atoms with Gasteiger partial charge < -0.3 is 0 Å². The predicted molar refractivity (Wildman–Crippen MR) is 58.9 cm³/mol. The molecule has 1 aromatic rings. The average molecular weight is 246 g/mol. The molecule has 0 aliphatic carbocycles. The monoisotopic (exact) mass is 245 g/mol. The molecule has 2 nitrogen and oxygen atoms in total. The molecule has 0 radical (unpaired) electrons. The normalized spacial score (nSPS) is 9.50. The van der Waals surface area contributed by atoms with Gasteiger partial charge in [0.2, 0.25) is 5.12 Å². The van der Waals surface area contributed by atoms with E-state index in [-0.39, 0.29) is 10.9 Å². The second-order valence-electron chi connectivity index (χ2n) is 2.36.